The Morgan fingerprint density at radius 3 is 2.33 bits per heavy atom. The average Bonchev–Trinajstić information content (AvgIpc) is 2.05. The summed E-state index contributed by atoms with van der Waals surface area (Å²) in [5, 5.41) is 0. The minimum atomic E-state index is -3.88. The van der Waals surface area contributed by atoms with E-state index in [0.717, 1.165) is 0 Å². The second-order valence-electron chi connectivity index (χ2n) is 2.09. The first kappa shape index (κ1) is 8.98. The molecule has 4 N–H and O–H groups in total. The van der Waals surface area contributed by atoms with Crippen molar-refractivity contribution in [2.75, 3.05) is 5.73 Å². The van der Waals surface area contributed by atoms with Gasteiger partial charge in [-0.1, -0.05) is 12.1 Å². The number of rotatable bonds is 2. The van der Waals surface area contributed by atoms with Crippen molar-refractivity contribution >= 4 is 15.8 Å². The van der Waals surface area contributed by atoms with E-state index < -0.39 is 10.1 Å². The van der Waals surface area contributed by atoms with Gasteiger partial charge in [0.2, 0.25) is 0 Å². The normalized spacial score (nSPS) is 11.4. The molecule has 0 radical (unpaired) electrons. The van der Waals surface area contributed by atoms with Crippen molar-refractivity contribution in [3.8, 4) is 0 Å². The number of nitrogen functional groups attached to an aromatic ring is 1. The highest BCUT2D eigenvalue weighted by molar-refractivity contribution is 7.86. The van der Waals surface area contributed by atoms with Crippen LogP contribution >= 0.6 is 0 Å². The molecule has 0 aromatic heterocycles. The van der Waals surface area contributed by atoms with Crippen LogP contribution in [0.15, 0.2) is 29.2 Å². The fraction of sp³-hybridized carbons (Fsp3) is 0. The second-order valence-corrected chi connectivity index (χ2v) is 3.63. The molecule has 6 heteroatoms. The van der Waals surface area contributed by atoms with Crippen LogP contribution in [0.3, 0.4) is 0 Å². The maximum Gasteiger partial charge on any atom is 0.314 e. The summed E-state index contributed by atoms with van der Waals surface area (Å²) in [5.74, 6) is 4.56. The Hall–Kier alpha value is -1.11. The van der Waals surface area contributed by atoms with Gasteiger partial charge in [-0.25, -0.2) is 0 Å². The van der Waals surface area contributed by atoms with Gasteiger partial charge >= 0.3 is 10.1 Å². The van der Waals surface area contributed by atoms with E-state index in [1.54, 1.807) is 6.07 Å². The molecule has 1 aromatic carbocycles. The third-order valence-electron chi connectivity index (χ3n) is 1.32. The van der Waals surface area contributed by atoms with Crippen LogP contribution in [-0.4, -0.2) is 8.42 Å². The third kappa shape index (κ3) is 1.55. The number of hydrogen-bond donors (Lipinski definition) is 2. The Morgan fingerprint density at radius 2 is 1.83 bits per heavy atom. The summed E-state index contributed by atoms with van der Waals surface area (Å²) in [6.07, 6.45) is 0. The molecule has 0 aliphatic carbocycles. The molecule has 0 saturated heterocycles. The Balaban J connectivity index is 3.30. The summed E-state index contributed by atoms with van der Waals surface area (Å²) >= 11 is 0. The molecule has 0 atom stereocenters. The molecule has 0 aliphatic rings. The highest BCUT2D eigenvalue weighted by atomic mass is 32.2. The van der Waals surface area contributed by atoms with Crippen molar-refractivity contribution < 1.29 is 12.7 Å². The molecular formula is C6H8N2O3S. The minimum absolute atomic E-state index is 0.114. The molecular weight excluding hydrogens is 180 g/mol. The summed E-state index contributed by atoms with van der Waals surface area (Å²) in [7, 11) is -3.88. The van der Waals surface area contributed by atoms with Crippen LogP contribution in [0.1, 0.15) is 0 Å². The second kappa shape index (κ2) is 3.10. The zero-order chi connectivity index (χ0) is 9.19. The molecule has 0 bridgehead atoms. The molecule has 0 amide bonds. The molecule has 1 aromatic rings. The van der Waals surface area contributed by atoms with Crippen LogP contribution in [0.2, 0.25) is 0 Å². The Morgan fingerprint density at radius 1 is 1.25 bits per heavy atom. The molecule has 12 heavy (non-hydrogen) atoms. The van der Waals surface area contributed by atoms with E-state index in [0.29, 0.717) is 0 Å². The van der Waals surface area contributed by atoms with Crippen molar-refractivity contribution in [3.63, 3.8) is 0 Å². The topological polar surface area (TPSA) is 95.4 Å². The van der Waals surface area contributed by atoms with E-state index in [-0.39, 0.29) is 10.6 Å². The van der Waals surface area contributed by atoms with Crippen molar-refractivity contribution in [2.45, 2.75) is 4.90 Å². The van der Waals surface area contributed by atoms with Gasteiger partial charge in [0, 0.05) is 0 Å². The van der Waals surface area contributed by atoms with E-state index in [1.807, 2.05) is 0 Å². The summed E-state index contributed by atoms with van der Waals surface area (Å²) in [6.45, 7) is 0. The van der Waals surface area contributed by atoms with Crippen LogP contribution in [0.5, 0.6) is 0 Å². The van der Waals surface area contributed by atoms with Gasteiger partial charge in [-0.2, -0.15) is 18.6 Å². The fourth-order valence-electron chi connectivity index (χ4n) is 0.760. The Labute approximate surface area is 70.0 Å². The lowest BCUT2D eigenvalue weighted by molar-refractivity contribution is 0.333. The lowest BCUT2D eigenvalue weighted by Gasteiger charge is -2.02. The summed E-state index contributed by atoms with van der Waals surface area (Å²) in [5.41, 5.74) is 5.48. The van der Waals surface area contributed by atoms with Gasteiger partial charge in [0.1, 0.15) is 4.90 Å². The molecule has 0 aliphatic heterocycles. The first-order chi connectivity index (χ1) is 5.58. The highest BCUT2D eigenvalue weighted by Gasteiger charge is 2.15. The van der Waals surface area contributed by atoms with E-state index >= 15 is 0 Å². The summed E-state index contributed by atoms with van der Waals surface area (Å²) in [4.78, 5) is -0.118. The first-order valence-electron chi connectivity index (χ1n) is 3.06. The van der Waals surface area contributed by atoms with Crippen LogP contribution in [0.4, 0.5) is 5.69 Å². The number of anilines is 1. The fourth-order valence-corrected chi connectivity index (χ4v) is 1.47. The lowest BCUT2D eigenvalue weighted by Crippen LogP contribution is -2.12. The molecule has 0 spiro atoms. The van der Waals surface area contributed by atoms with Crippen LogP contribution in [0.25, 0.3) is 0 Å². The monoisotopic (exact) mass is 188 g/mol. The van der Waals surface area contributed by atoms with Crippen molar-refractivity contribution in [2.24, 2.45) is 5.90 Å². The van der Waals surface area contributed by atoms with Crippen molar-refractivity contribution in [3.05, 3.63) is 24.3 Å². The average molecular weight is 188 g/mol. The number of nitrogens with two attached hydrogens (primary N) is 2. The number of para-hydroxylation sites is 1. The maximum atomic E-state index is 11.0. The highest BCUT2D eigenvalue weighted by Crippen LogP contribution is 2.17. The smallest absolute Gasteiger partial charge is 0.314 e. The van der Waals surface area contributed by atoms with Crippen LogP contribution in [-0.2, 0) is 14.4 Å². The van der Waals surface area contributed by atoms with E-state index in [4.69, 9.17) is 5.73 Å². The quantitative estimate of drug-likeness (QED) is 0.497. The van der Waals surface area contributed by atoms with Crippen LogP contribution in [0, 0.1) is 0 Å². The molecule has 66 valence electrons. The van der Waals surface area contributed by atoms with E-state index in [9.17, 15) is 8.42 Å². The van der Waals surface area contributed by atoms with Crippen molar-refractivity contribution in [1.82, 2.24) is 0 Å². The first-order valence-corrected chi connectivity index (χ1v) is 4.46. The van der Waals surface area contributed by atoms with Crippen LogP contribution < -0.4 is 11.6 Å². The third-order valence-corrected chi connectivity index (χ3v) is 2.48. The number of hydrogen-bond acceptors (Lipinski definition) is 5. The lowest BCUT2D eigenvalue weighted by atomic mass is 10.3. The zero-order valence-corrected chi connectivity index (χ0v) is 6.91. The van der Waals surface area contributed by atoms with Gasteiger partial charge in [-0.15, -0.1) is 0 Å². The minimum Gasteiger partial charge on any atom is -0.398 e. The predicted octanol–water partition coefficient (Wildman–Crippen LogP) is -0.152. The molecule has 5 nitrogen and oxygen atoms in total. The van der Waals surface area contributed by atoms with Gasteiger partial charge in [-0.05, 0) is 12.1 Å². The van der Waals surface area contributed by atoms with Crippen molar-refractivity contribution in [1.29, 1.82) is 0 Å². The van der Waals surface area contributed by atoms with Gasteiger partial charge < -0.3 is 5.73 Å². The predicted molar refractivity (Wildman–Crippen MR) is 43.3 cm³/mol. The van der Waals surface area contributed by atoms with Gasteiger partial charge in [-0.3, -0.25) is 0 Å². The SMILES string of the molecule is NOS(=O)(=O)c1ccccc1N. The van der Waals surface area contributed by atoms with Gasteiger partial charge in [0.15, 0.2) is 0 Å². The summed E-state index contributed by atoms with van der Waals surface area (Å²) < 4.78 is 25.8. The summed E-state index contributed by atoms with van der Waals surface area (Å²) in [6, 6.07) is 5.91. The Kier molecular flexibility index (Phi) is 2.32. The Bertz CT molecular complexity index is 374. The van der Waals surface area contributed by atoms with E-state index in [1.165, 1.54) is 18.2 Å². The van der Waals surface area contributed by atoms with Gasteiger partial charge in [0.05, 0.1) is 5.69 Å². The standard InChI is InChI=1S/C6H8N2O3S/c7-5-3-1-2-4-6(5)12(9,10)11-8/h1-4H,7-8H2. The molecule has 0 unspecified atom stereocenters. The molecule has 1 rings (SSSR count). The number of benzene rings is 1. The zero-order valence-electron chi connectivity index (χ0n) is 6.10. The molecule has 0 fully saturated rings. The molecule has 0 heterocycles. The van der Waals surface area contributed by atoms with E-state index in [2.05, 4.69) is 10.2 Å². The van der Waals surface area contributed by atoms with Gasteiger partial charge in [0.25, 0.3) is 0 Å². The maximum absolute atomic E-state index is 11.0. The molecule has 0 saturated carbocycles. The largest absolute Gasteiger partial charge is 0.398 e.